The summed E-state index contributed by atoms with van der Waals surface area (Å²) in [5.41, 5.74) is 1.66. The van der Waals surface area contributed by atoms with Crippen LogP contribution in [0.2, 0.25) is 0 Å². The molecule has 10 heteroatoms. The molecule has 0 aliphatic carbocycles. The average Bonchev–Trinajstić information content (AvgIpc) is 3.53. The van der Waals surface area contributed by atoms with Crippen LogP contribution in [0.4, 0.5) is 23.4 Å². The Morgan fingerprint density at radius 3 is 2.64 bits per heavy atom. The predicted molar refractivity (Wildman–Crippen MR) is 128 cm³/mol. The van der Waals surface area contributed by atoms with Crippen LogP contribution in [0, 0.1) is 17.5 Å². The summed E-state index contributed by atoms with van der Waals surface area (Å²) in [4.78, 5) is 10.5. The lowest BCUT2D eigenvalue weighted by Gasteiger charge is -2.26. The number of fused-ring (bicyclic) bond motifs is 1. The molecule has 0 radical (unpaired) electrons. The molecule has 1 N–H and O–H groups in total. The first-order valence-electron chi connectivity index (χ1n) is 12.0. The number of nitrogens with zero attached hydrogens (tertiary/aromatic N) is 5. The van der Waals surface area contributed by atoms with Gasteiger partial charge in [0.2, 0.25) is 0 Å². The van der Waals surface area contributed by atoms with Gasteiger partial charge < -0.3 is 10.2 Å². The van der Waals surface area contributed by atoms with Gasteiger partial charge in [0, 0.05) is 23.7 Å². The van der Waals surface area contributed by atoms with Crippen molar-refractivity contribution >= 4 is 16.9 Å². The molecular weight excluding hydrogens is 472 g/mol. The van der Waals surface area contributed by atoms with Crippen molar-refractivity contribution < 1.29 is 17.6 Å². The summed E-state index contributed by atoms with van der Waals surface area (Å²) >= 11 is 0. The first kappa shape index (κ1) is 22.9. The summed E-state index contributed by atoms with van der Waals surface area (Å²) in [6, 6.07) is 5.98. The average molecular weight is 497 g/mol. The highest BCUT2D eigenvalue weighted by molar-refractivity contribution is 5.92. The van der Waals surface area contributed by atoms with Gasteiger partial charge in [-0.3, -0.25) is 9.67 Å². The van der Waals surface area contributed by atoms with Gasteiger partial charge in [-0.05, 0) is 56.3 Å². The molecule has 186 valence electrons. The Kier molecular flexibility index (Phi) is 5.83. The van der Waals surface area contributed by atoms with E-state index in [1.165, 1.54) is 0 Å². The van der Waals surface area contributed by atoms with Crippen molar-refractivity contribution in [3.8, 4) is 11.1 Å². The molecule has 2 fully saturated rings. The number of halogens is 4. The molecular formula is C26H24F4N6. The van der Waals surface area contributed by atoms with Crippen LogP contribution >= 0.6 is 0 Å². The van der Waals surface area contributed by atoms with Crippen molar-refractivity contribution in [2.45, 2.75) is 37.5 Å². The Balaban J connectivity index is 1.42. The third-order valence-electron chi connectivity index (χ3n) is 7.09. The summed E-state index contributed by atoms with van der Waals surface area (Å²) in [5, 5.41) is 7.80. The van der Waals surface area contributed by atoms with Crippen molar-refractivity contribution in [2.75, 3.05) is 24.5 Å². The Labute approximate surface area is 205 Å². The molecule has 4 aromatic rings. The van der Waals surface area contributed by atoms with Gasteiger partial charge >= 0.3 is 0 Å². The van der Waals surface area contributed by atoms with Crippen molar-refractivity contribution in [1.82, 2.24) is 25.1 Å². The zero-order valence-electron chi connectivity index (χ0n) is 19.3. The molecule has 0 saturated carbocycles. The highest BCUT2D eigenvalue weighted by Gasteiger charge is 2.36. The summed E-state index contributed by atoms with van der Waals surface area (Å²) in [7, 11) is 0. The standard InChI is InChI=1S/C26H24F4N6/c27-16-1-2-20(29)19(9-16)23-10-17(28)14-35(23)24-4-3-22-26(34-24)25(21(30)12-32-22)15-11-33-36(13-15)18-5-7-31-8-6-18/h1-4,9,11-13,17-18,23,31H,5-8,10,14H2/t17-,23+/m0/s1. The molecule has 5 heterocycles. The monoisotopic (exact) mass is 496 g/mol. The van der Waals surface area contributed by atoms with Crippen LogP contribution in [0.3, 0.4) is 0 Å². The lowest BCUT2D eigenvalue weighted by molar-refractivity contribution is 0.343. The molecule has 0 unspecified atom stereocenters. The minimum Gasteiger partial charge on any atom is -0.346 e. The summed E-state index contributed by atoms with van der Waals surface area (Å²) in [5.74, 6) is -1.41. The zero-order valence-corrected chi connectivity index (χ0v) is 19.3. The number of piperidine rings is 1. The molecule has 6 rings (SSSR count). The van der Waals surface area contributed by atoms with Crippen LogP contribution in [0.15, 0.2) is 48.9 Å². The van der Waals surface area contributed by atoms with E-state index in [1.54, 1.807) is 23.2 Å². The van der Waals surface area contributed by atoms with E-state index in [1.807, 2.05) is 10.9 Å². The van der Waals surface area contributed by atoms with Gasteiger partial charge in [0.05, 0.1) is 42.1 Å². The van der Waals surface area contributed by atoms with E-state index in [0.717, 1.165) is 50.3 Å². The Bertz CT molecular complexity index is 1420. The third kappa shape index (κ3) is 4.09. The fourth-order valence-corrected chi connectivity index (χ4v) is 5.31. The second-order valence-electron chi connectivity index (χ2n) is 9.38. The molecule has 1 aromatic carbocycles. The zero-order chi connectivity index (χ0) is 24.8. The van der Waals surface area contributed by atoms with Crippen molar-refractivity contribution in [3.05, 3.63) is 71.9 Å². The summed E-state index contributed by atoms with van der Waals surface area (Å²) < 4.78 is 60.0. The minimum atomic E-state index is -1.25. The normalized spacial score (nSPS) is 20.9. The van der Waals surface area contributed by atoms with E-state index >= 15 is 4.39 Å². The number of nitrogens with one attached hydrogen (secondary N) is 1. The number of rotatable bonds is 4. The van der Waals surface area contributed by atoms with Gasteiger partial charge in [-0.15, -0.1) is 0 Å². The predicted octanol–water partition coefficient (Wildman–Crippen LogP) is 5.12. The number of anilines is 1. The van der Waals surface area contributed by atoms with Gasteiger partial charge in [-0.2, -0.15) is 5.10 Å². The van der Waals surface area contributed by atoms with E-state index in [2.05, 4.69) is 20.4 Å². The Morgan fingerprint density at radius 1 is 0.972 bits per heavy atom. The molecule has 2 atom stereocenters. The van der Waals surface area contributed by atoms with Crippen LogP contribution in [0.5, 0.6) is 0 Å². The fraction of sp³-hybridized carbons (Fsp3) is 0.346. The summed E-state index contributed by atoms with van der Waals surface area (Å²) in [6.07, 6.45) is 5.20. The number of alkyl halides is 1. The van der Waals surface area contributed by atoms with Gasteiger partial charge in [0.1, 0.15) is 29.1 Å². The number of pyridine rings is 2. The highest BCUT2D eigenvalue weighted by atomic mass is 19.1. The van der Waals surface area contributed by atoms with Crippen molar-refractivity contribution in [3.63, 3.8) is 0 Å². The SMILES string of the molecule is Fc1ccc(F)c([C@H]2C[C@H](F)CN2c2ccc3ncc(F)c(-c4cnn(C5CCNCC5)c4)c3n2)c1. The van der Waals surface area contributed by atoms with E-state index in [9.17, 15) is 13.2 Å². The lowest BCUT2D eigenvalue weighted by atomic mass is 10.0. The van der Waals surface area contributed by atoms with Gasteiger partial charge in [-0.25, -0.2) is 22.5 Å². The van der Waals surface area contributed by atoms with Crippen LogP contribution in [-0.2, 0) is 0 Å². The summed E-state index contributed by atoms with van der Waals surface area (Å²) in [6.45, 7) is 1.76. The Hall–Kier alpha value is -3.53. The minimum absolute atomic E-state index is 0.00261. The van der Waals surface area contributed by atoms with Crippen LogP contribution in [0.25, 0.3) is 22.2 Å². The smallest absolute Gasteiger partial charge is 0.151 e. The molecule has 2 aliphatic rings. The maximum absolute atomic E-state index is 15.2. The van der Waals surface area contributed by atoms with E-state index < -0.39 is 29.7 Å². The molecule has 2 aliphatic heterocycles. The first-order valence-corrected chi connectivity index (χ1v) is 12.0. The van der Waals surface area contributed by atoms with Crippen molar-refractivity contribution in [1.29, 1.82) is 0 Å². The molecule has 3 aromatic heterocycles. The molecule has 0 spiro atoms. The topological polar surface area (TPSA) is 58.9 Å². The number of benzene rings is 1. The fourth-order valence-electron chi connectivity index (χ4n) is 5.31. The largest absolute Gasteiger partial charge is 0.346 e. The molecule has 0 amide bonds. The second-order valence-corrected chi connectivity index (χ2v) is 9.38. The van der Waals surface area contributed by atoms with Crippen LogP contribution in [-0.4, -0.2) is 45.6 Å². The van der Waals surface area contributed by atoms with E-state index in [4.69, 9.17) is 0 Å². The van der Waals surface area contributed by atoms with Gasteiger partial charge in [0.15, 0.2) is 5.82 Å². The number of aromatic nitrogens is 4. The van der Waals surface area contributed by atoms with Crippen LogP contribution < -0.4 is 10.2 Å². The maximum atomic E-state index is 15.2. The quantitative estimate of drug-likeness (QED) is 0.397. The van der Waals surface area contributed by atoms with Gasteiger partial charge in [0.25, 0.3) is 0 Å². The van der Waals surface area contributed by atoms with Gasteiger partial charge in [-0.1, -0.05) is 0 Å². The van der Waals surface area contributed by atoms with Crippen LogP contribution in [0.1, 0.15) is 36.9 Å². The maximum Gasteiger partial charge on any atom is 0.151 e. The number of hydrogen-bond donors (Lipinski definition) is 1. The van der Waals surface area contributed by atoms with E-state index in [0.29, 0.717) is 22.4 Å². The number of hydrogen-bond acceptors (Lipinski definition) is 5. The second kappa shape index (κ2) is 9.16. The lowest BCUT2D eigenvalue weighted by Crippen LogP contribution is -2.29. The third-order valence-corrected chi connectivity index (χ3v) is 7.09. The molecule has 0 bridgehead atoms. The first-order chi connectivity index (χ1) is 17.5. The highest BCUT2D eigenvalue weighted by Crippen LogP contribution is 2.39. The van der Waals surface area contributed by atoms with Crippen molar-refractivity contribution in [2.24, 2.45) is 0 Å². The molecule has 6 nitrogen and oxygen atoms in total. The molecule has 2 saturated heterocycles. The Morgan fingerprint density at radius 2 is 1.81 bits per heavy atom. The van der Waals surface area contributed by atoms with E-state index in [-0.39, 0.29) is 30.1 Å². The molecule has 36 heavy (non-hydrogen) atoms.